The fourth-order valence-electron chi connectivity index (χ4n) is 2.66. The zero-order valence-electron chi connectivity index (χ0n) is 17.2. The molecule has 3 rings (SSSR count). The highest BCUT2D eigenvalue weighted by Gasteiger charge is 2.17. The van der Waals surface area contributed by atoms with Crippen LogP contribution in [-0.2, 0) is 9.59 Å². The molecule has 0 unspecified atom stereocenters. The van der Waals surface area contributed by atoms with E-state index in [1.54, 1.807) is 19.2 Å². The molecule has 0 saturated heterocycles. The number of nitrogens with one attached hydrogen (secondary N) is 2. The van der Waals surface area contributed by atoms with Crippen molar-refractivity contribution in [1.82, 2.24) is 10.3 Å². The smallest absolute Gasteiger partial charge is 0.262 e. The lowest BCUT2D eigenvalue weighted by Crippen LogP contribution is -2.24. The number of anilines is 1. The normalized spacial score (nSPS) is 10.4. The summed E-state index contributed by atoms with van der Waals surface area (Å²) in [5.41, 5.74) is 1.54. The first-order chi connectivity index (χ1) is 15.1. The Morgan fingerprint density at radius 3 is 2.45 bits per heavy atom. The van der Waals surface area contributed by atoms with Crippen LogP contribution in [0.2, 0.25) is 0 Å². The monoisotopic (exact) mass is 457 g/mol. The maximum Gasteiger partial charge on any atom is 0.262 e. The zero-order valence-corrected chi connectivity index (χ0v) is 18.8. The molecule has 7 nitrogen and oxygen atoms in total. The van der Waals surface area contributed by atoms with Crippen molar-refractivity contribution >= 4 is 39.9 Å². The molecule has 31 heavy (non-hydrogen) atoms. The second kappa shape index (κ2) is 11.4. The van der Waals surface area contributed by atoms with Crippen LogP contribution in [0.5, 0.6) is 11.5 Å². The third-order valence-electron chi connectivity index (χ3n) is 4.04. The third-order valence-corrected chi connectivity index (χ3v) is 6.15. The Labute approximate surface area is 189 Å². The maximum absolute atomic E-state index is 12.6. The van der Waals surface area contributed by atoms with E-state index in [0.29, 0.717) is 33.1 Å². The first-order valence-corrected chi connectivity index (χ1v) is 11.4. The van der Waals surface area contributed by atoms with Gasteiger partial charge in [0.05, 0.1) is 12.9 Å². The van der Waals surface area contributed by atoms with Crippen LogP contribution in [0.1, 0.15) is 6.92 Å². The fourth-order valence-corrected chi connectivity index (χ4v) is 4.57. The van der Waals surface area contributed by atoms with Gasteiger partial charge in [0.2, 0.25) is 5.91 Å². The SMILES string of the molecule is CCNC(=O)CSc1nc(-c2ccccc2)c(NC(=O)COc2ccccc2OC)s1. The topological polar surface area (TPSA) is 89.6 Å². The molecule has 0 aliphatic carbocycles. The van der Waals surface area contributed by atoms with Crippen LogP contribution in [0.3, 0.4) is 0 Å². The summed E-state index contributed by atoms with van der Waals surface area (Å²) in [6.07, 6.45) is 0. The highest BCUT2D eigenvalue weighted by Crippen LogP contribution is 2.37. The molecule has 0 bridgehead atoms. The van der Waals surface area contributed by atoms with Crippen LogP contribution < -0.4 is 20.1 Å². The summed E-state index contributed by atoms with van der Waals surface area (Å²) >= 11 is 2.67. The molecule has 0 fully saturated rings. The van der Waals surface area contributed by atoms with Gasteiger partial charge in [-0.25, -0.2) is 4.98 Å². The van der Waals surface area contributed by atoms with Crippen molar-refractivity contribution < 1.29 is 19.1 Å². The van der Waals surface area contributed by atoms with Gasteiger partial charge in [-0.05, 0) is 19.1 Å². The van der Waals surface area contributed by atoms with Gasteiger partial charge in [0.1, 0.15) is 10.7 Å². The Kier molecular flexibility index (Phi) is 8.31. The number of amides is 2. The lowest BCUT2D eigenvalue weighted by Gasteiger charge is -2.10. The molecule has 0 atom stereocenters. The number of carbonyl (C=O) groups is 2. The number of ether oxygens (including phenoxy) is 2. The average molecular weight is 458 g/mol. The standard InChI is InChI=1S/C22H23N3O4S2/c1-3-23-19(27)14-30-22-25-20(15-9-5-4-6-10-15)21(31-22)24-18(26)13-29-17-12-8-7-11-16(17)28-2/h4-12H,3,13-14H2,1-2H3,(H,23,27)(H,24,26). The predicted molar refractivity (Wildman–Crippen MR) is 124 cm³/mol. The van der Waals surface area contributed by atoms with Gasteiger partial charge in [0.25, 0.3) is 5.91 Å². The van der Waals surface area contributed by atoms with Crippen molar-refractivity contribution in [2.75, 3.05) is 31.3 Å². The number of thioether (sulfide) groups is 1. The Bertz CT molecular complexity index is 1020. The Balaban J connectivity index is 1.72. The number of methoxy groups -OCH3 is 1. The van der Waals surface area contributed by atoms with Crippen LogP contribution in [0, 0.1) is 0 Å². The van der Waals surface area contributed by atoms with Crippen LogP contribution in [0.4, 0.5) is 5.00 Å². The van der Waals surface area contributed by atoms with Crippen LogP contribution >= 0.6 is 23.1 Å². The van der Waals surface area contributed by atoms with Gasteiger partial charge >= 0.3 is 0 Å². The number of hydrogen-bond donors (Lipinski definition) is 2. The second-order valence-electron chi connectivity index (χ2n) is 6.25. The Morgan fingerprint density at radius 1 is 1.03 bits per heavy atom. The largest absolute Gasteiger partial charge is 0.493 e. The molecular formula is C22H23N3O4S2. The van der Waals surface area contributed by atoms with E-state index >= 15 is 0 Å². The van der Waals surface area contributed by atoms with Gasteiger partial charge < -0.3 is 20.1 Å². The summed E-state index contributed by atoms with van der Waals surface area (Å²) in [6, 6.07) is 16.7. The van der Waals surface area contributed by atoms with Crippen molar-refractivity contribution in [2.24, 2.45) is 0 Å². The molecule has 2 amide bonds. The van der Waals surface area contributed by atoms with Crippen LogP contribution in [0.25, 0.3) is 11.3 Å². The molecule has 0 saturated carbocycles. The second-order valence-corrected chi connectivity index (χ2v) is 8.47. The van der Waals surface area contributed by atoms with E-state index in [-0.39, 0.29) is 24.2 Å². The summed E-state index contributed by atoms with van der Waals surface area (Å²) in [7, 11) is 1.55. The van der Waals surface area contributed by atoms with E-state index in [1.807, 2.05) is 49.4 Å². The van der Waals surface area contributed by atoms with Gasteiger partial charge in [-0.1, -0.05) is 65.6 Å². The Hall–Kier alpha value is -3.04. The number of carbonyl (C=O) groups excluding carboxylic acids is 2. The number of rotatable bonds is 10. The molecule has 1 heterocycles. The lowest BCUT2D eigenvalue weighted by molar-refractivity contribution is -0.119. The number of para-hydroxylation sites is 2. The zero-order chi connectivity index (χ0) is 22.1. The molecular weight excluding hydrogens is 434 g/mol. The van der Waals surface area contributed by atoms with Crippen molar-refractivity contribution in [1.29, 1.82) is 0 Å². The molecule has 2 aromatic carbocycles. The molecule has 0 aliphatic rings. The van der Waals surface area contributed by atoms with Crippen molar-refractivity contribution in [3.8, 4) is 22.8 Å². The van der Waals surface area contributed by atoms with Gasteiger partial charge in [0.15, 0.2) is 22.4 Å². The number of hydrogen-bond acceptors (Lipinski definition) is 7. The summed E-state index contributed by atoms with van der Waals surface area (Å²) in [5, 5.41) is 6.26. The molecule has 0 aliphatic heterocycles. The van der Waals surface area contributed by atoms with Crippen LogP contribution in [-0.4, -0.2) is 42.8 Å². The first kappa shape index (κ1) is 22.6. The molecule has 162 valence electrons. The highest BCUT2D eigenvalue weighted by atomic mass is 32.2. The van der Waals surface area contributed by atoms with Crippen molar-refractivity contribution in [3.05, 3.63) is 54.6 Å². The van der Waals surface area contributed by atoms with Crippen molar-refractivity contribution in [3.63, 3.8) is 0 Å². The minimum atomic E-state index is -0.313. The van der Waals surface area contributed by atoms with E-state index < -0.39 is 0 Å². The Morgan fingerprint density at radius 2 is 1.74 bits per heavy atom. The fraction of sp³-hybridized carbons (Fsp3) is 0.227. The molecule has 2 N–H and O–H groups in total. The molecule has 9 heteroatoms. The van der Waals surface area contributed by atoms with Gasteiger partial charge in [0, 0.05) is 12.1 Å². The number of benzene rings is 2. The third kappa shape index (κ3) is 6.47. The summed E-state index contributed by atoms with van der Waals surface area (Å²) < 4.78 is 11.5. The minimum absolute atomic E-state index is 0.0558. The predicted octanol–water partition coefficient (Wildman–Crippen LogP) is 4.06. The van der Waals surface area contributed by atoms with Crippen molar-refractivity contribution in [2.45, 2.75) is 11.3 Å². The van der Waals surface area contributed by atoms with E-state index in [9.17, 15) is 9.59 Å². The van der Waals surface area contributed by atoms with Gasteiger partial charge in [-0.3, -0.25) is 9.59 Å². The summed E-state index contributed by atoms with van der Waals surface area (Å²) in [6.45, 7) is 2.29. The molecule has 0 radical (unpaired) electrons. The lowest BCUT2D eigenvalue weighted by atomic mass is 10.2. The molecule has 1 aromatic heterocycles. The number of nitrogens with zero attached hydrogens (tertiary/aromatic N) is 1. The van der Waals surface area contributed by atoms with E-state index in [1.165, 1.54) is 23.1 Å². The summed E-state index contributed by atoms with van der Waals surface area (Å²) in [5.74, 6) is 0.944. The maximum atomic E-state index is 12.6. The average Bonchev–Trinajstić information content (AvgIpc) is 3.19. The summed E-state index contributed by atoms with van der Waals surface area (Å²) in [4.78, 5) is 29.0. The van der Waals surface area contributed by atoms with Gasteiger partial charge in [-0.15, -0.1) is 0 Å². The van der Waals surface area contributed by atoms with E-state index in [0.717, 1.165) is 5.56 Å². The molecule has 3 aromatic rings. The van der Waals surface area contributed by atoms with E-state index in [4.69, 9.17) is 9.47 Å². The molecule has 0 spiro atoms. The van der Waals surface area contributed by atoms with E-state index in [2.05, 4.69) is 15.6 Å². The minimum Gasteiger partial charge on any atom is -0.493 e. The number of thiazole rings is 1. The van der Waals surface area contributed by atoms with Gasteiger partial charge in [-0.2, -0.15) is 0 Å². The van der Waals surface area contributed by atoms with Crippen LogP contribution in [0.15, 0.2) is 58.9 Å². The quantitative estimate of drug-likeness (QED) is 0.446. The first-order valence-electron chi connectivity index (χ1n) is 9.62. The number of aromatic nitrogens is 1. The highest BCUT2D eigenvalue weighted by molar-refractivity contribution is 8.01.